The van der Waals surface area contributed by atoms with E-state index in [0.717, 1.165) is 27.9 Å². The van der Waals surface area contributed by atoms with Crippen LogP contribution in [0.15, 0.2) is 59.3 Å². The molecule has 4 rings (SSSR count). The van der Waals surface area contributed by atoms with E-state index in [-0.39, 0.29) is 11.5 Å². The monoisotopic (exact) mass is 364 g/mol. The molecule has 1 atom stereocenters. The summed E-state index contributed by atoms with van der Waals surface area (Å²) in [5, 5.41) is 15.8. The molecule has 0 aliphatic carbocycles. The van der Waals surface area contributed by atoms with Crippen LogP contribution in [0, 0.1) is 5.41 Å². The van der Waals surface area contributed by atoms with E-state index in [0.29, 0.717) is 12.4 Å². The Labute approximate surface area is 156 Å². The molecule has 27 heavy (non-hydrogen) atoms. The van der Waals surface area contributed by atoms with Gasteiger partial charge in [0.05, 0.1) is 12.6 Å². The molecule has 2 aromatic carbocycles. The normalized spacial score (nSPS) is 17.6. The fourth-order valence-electron chi connectivity index (χ4n) is 3.44. The predicted molar refractivity (Wildman–Crippen MR) is 101 cm³/mol. The Kier molecular flexibility index (Phi) is 4.11. The van der Waals surface area contributed by atoms with Gasteiger partial charge in [0, 0.05) is 22.6 Å². The zero-order chi connectivity index (χ0) is 19.0. The van der Waals surface area contributed by atoms with Gasteiger partial charge in [-0.15, -0.1) is 0 Å². The molecule has 0 radical (unpaired) electrons. The van der Waals surface area contributed by atoms with Gasteiger partial charge in [-0.1, -0.05) is 55.4 Å². The molecule has 1 unspecified atom stereocenters. The van der Waals surface area contributed by atoms with Crippen LogP contribution in [-0.4, -0.2) is 23.0 Å². The zero-order valence-corrected chi connectivity index (χ0v) is 15.1. The van der Waals surface area contributed by atoms with Crippen molar-refractivity contribution >= 4 is 6.09 Å². The summed E-state index contributed by atoms with van der Waals surface area (Å²) < 4.78 is 10.8. The Balaban J connectivity index is 1.66. The first kappa shape index (κ1) is 17.1. The Bertz CT molecular complexity index is 962. The van der Waals surface area contributed by atoms with E-state index in [9.17, 15) is 9.90 Å². The van der Waals surface area contributed by atoms with Crippen LogP contribution >= 0.6 is 0 Å². The van der Waals surface area contributed by atoms with Gasteiger partial charge in [0.25, 0.3) is 0 Å². The SMILES string of the molecule is CC1(C)COc2cc(-c3ccc(-c4ccon4)cc3)ccc2C1NC(=O)O. The fourth-order valence-corrected chi connectivity index (χ4v) is 3.44. The Hall–Kier alpha value is -3.28. The quantitative estimate of drug-likeness (QED) is 0.701. The predicted octanol–water partition coefficient (Wildman–Crippen LogP) is 4.74. The number of fused-ring (bicyclic) bond motifs is 1. The molecule has 2 heterocycles. The molecule has 0 bridgehead atoms. The number of carbonyl (C=O) groups is 1. The van der Waals surface area contributed by atoms with Crippen molar-refractivity contribution < 1.29 is 19.2 Å². The second-order valence-corrected chi connectivity index (χ2v) is 7.37. The molecule has 2 N–H and O–H groups in total. The summed E-state index contributed by atoms with van der Waals surface area (Å²) in [7, 11) is 0. The second-order valence-electron chi connectivity index (χ2n) is 7.37. The molecule has 138 valence electrons. The van der Waals surface area contributed by atoms with Crippen molar-refractivity contribution in [2.24, 2.45) is 5.41 Å². The minimum absolute atomic E-state index is 0.317. The molecule has 1 aliphatic heterocycles. The molecule has 6 heteroatoms. The lowest BCUT2D eigenvalue weighted by molar-refractivity contribution is 0.0996. The zero-order valence-electron chi connectivity index (χ0n) is 15.1. The van der Waals surface area contributed by atoms with Gasteiger partial charge >= 0.3 is 6.09 Å². The van der Waals surface area contributed by atoms with Crippen molar-refractivity contribution in [2.75, 3.05) is 6.61 Å². The summed E-state index contributed by atoms with van der Waals surface area (Å²) in [4.78, 5) is 11.2. The summed E-state index contributed by atoms with van der Waals surface area (Å²) >= 11 is 0. The van der Waals surface area contributed by atoms with E-state index in [1.165, 1.54) is 0 Å². The maximum atomic E-state index is 11.2. The van der Waals surface area contributed by atoms with Crippen LogP contribution in [0.25, 0.3) is 22.4 Å². The second kappa shape index (κ2) is 6.46. The number of carboxylic acid groups (broad SMARTS) is 1. The summed E-state index contributed by atoms with van der Waals surface area (Å²) in [5.41, 5.74) is 4.35. The Morgan fingerprint density at radius 1 is 1.11 bits per heavy atom. The van der Waals surface area contributed by atoms with Gasteiger partial charge < -0.3 is 19.7 Å². The number of nitrogens with zero attached hydrogens (tertiary/aromatic N) is 1. The lowest BCUT2D eigenvalue weighted by Gasteiger charge is -2.39. The van der Waals surface area contributed by atoms with Gasteiger partial charge in [-0.3, -0.25) is 0 Å². The first-order valence-electron chi connectivity index (χ1n) is 8.71. The van der Waals surface area contributed by atoms with Crippen molar-refractivity contribution in [2.45, 2.75) is 19.9 Å². The van der Waals surface area contributed by atoms with Crippen LogP contribution in [-0.2, 0) is 0 Å². The highest BCUT2D eigenvalue weighted by Gasteiger charge is 2.38. The van der Waals surface area contributed by atoms with Crippen LogP contribution in [0.5, 0.6) is 5.75 Å². The number of ether oxygens (including phenoxy) is 1. The number of benzene rings is 2. The van der Waals surface area contributed by atoms with E-state index in [1.54, 1.807) is 6.26 Å². The number of hydrogen-bond donors (Lipinski definition) is 2. The van der Waals surface area contributed by atoms with Crippen LogP contribution in [0.3, 0.4) is 0 Å². The molecular weight excluding hydrogens is 344 g/mol. The van der Waals surface area contributed by atoms with Gasteiger partial charge in [-0.2, -0.15) is 0 Å². The van der Waals surface area contributed by atoms with Crippen LogP contribution in [0.1, 0.15) is 25.5 Å². The molecule has 1 aliphatic rings. The standard InChI is InChI=1S/C21H20N2O4/c1-21(2)12-26-18-11-15(7-8-16(18)19(21)22-20(24)25)13-3-5-14(6-4-13)17-9-10-27-23-17/h3-11,19,22H,12H2,1-2H3,(H,24,25). The molecule has 1 amide bonds. The summed E-state index contributed by atoms with van der Waals surface area (Å²) in [6.45, 7) is 4.43. The molecule has 0 saturated heterocycles. The Morgan fingerprint density at radius 2 is 1.81 bits per heavy atom. The average Bonchev–Trinajstić information content (AvgIpc) is 3.18. The van der Waals surface area contributed by atoms with E-state index >= 15 is 0 Å². The van der Waals surface area contributed by atoms with E-state index in [4.69, 9.17) is 9.26 Å². The van der Waals surface area contributed by atoms with Crippen LogP contribution in [0.4, 0.5) is 4.79 Å². The third kappa shape index (κ3) is 3.26. The molecule has 0 saturated carbocycles. The Morgan fingerprint density at radius 3 is 2.48 bits per heavy atom. The minimum Gasteiger partial charge on any atom is -0.493 e. The van der Waals surface area contributed by atoms with Gasteiger partial charge in [0.1, 0.15) is 17.7 Å². The summed E-state index contributed by atoms with van der Waals surface area (Å²) in [6, 6.07) is 15.4. The number of aromatic nitrogens is 1. The maximum absolute atomic E-state index is 11.2. The molecule has 6 nitrogen and oxygen atoms in total. The number of hydrogen-bond acceptors (Lipinski definition) is 4. The number of rotatable bonds is 3. The van der Waals surface area contributed by atoms with Gasteiger partial charge in [-0.25, -0.2) is 4.79 Å². The smallest absolute Gasteiger partial charge is 0.405 e. The summed E-state index contributed by atoms with van der Waals surface area (Å²) in [5.74, 6) is 0.714. The van der Waals surface area contributed by atoms with Gasteiger partial charge in [0.15, 0.2) is 0 Å². The largest absolute Gasteiger partial charge is 0.493 e. The minimum atomic E-state index is -1.03. The topological polar surface area (TPSA) is 84.6 Å². The van der Waals surface area contributed by atoms with E-state index < -0.39 is 6.09 Å². The number of amides is 1. The maximum Gasteiger partial charge on any atom is 0.405 e. The van der Waals surface area contributed by atoms with E-state index in [1.807, 2.05) is 62.4 Å². The van der Waals surface area contributed by atoms with Gasteiger partial charge in [-0.05, 0) is 17.2 Å². The third-order valence-electron chi connectivity index (χ3n) is 4.93. The van der Waals surface area contributed by atoms with Crippen molar-refractivity contribution in [1.29, 1.82) is 0 Å². The molecule has 0 spiro atoms. The van der Waals surface area contributed by atoms with Gasteiger partial charge in [0.2, 0.25) is 0 Å². The van der Waals surface area contributed by atoms with Crippen molar-refractivity contribution in [3.63, 3.8) is 0 Å². The first-order chi connectivity index (χ1) is 12.9. The lowest BCUT2D eigenvalue weighted by atomic mass is 9.78. The molecule has 3 aromatic rings. The van der Waals surface area contributed by atoms with Crippen molar-refractivity contribution in [3.05, 3.63) is 60.4 Å². The average molecular weight is 364 g/mol. The van der Waals surface area contributed by atoms with E-state index in [2.05, 4.69) is 10.5 Å². The van der Waals surface area contributed by atoms with Crippen molar-refractivity contribution in [3.8, 4) is 28.1 Å². The first-order valence-corrected chi connectivity index (χ1v) is 8.71. The molecule has 0 fully saturated rings. The van der Waals surface area contributed by atoms with Crippen LogP contribution < -0.4 is 10.1 Å². The van der Waals surface area contributed by atoms with Crippen molar-refractivity contribution in [1.82, 2.24) is 10.5 Å². The highest BCUT2D eigenvalue weighted by Crippen LogP contribution is 2.44. The van der Waals surface area contributed by atoms with Crippen LogP contribution in [0.2, 0.25) is 0 Å². The highest BCUT2D eigenvalue weighted by atomic mass is 16.5. The lowest BCUT2D eigenvalue weighted by Crippen LogP contribution is -2.43. The molecule has 1 aromatic heterocycles. The fraction of sp³-hybridized carbons (Fsp3) is 0.238. The highest BCUT2D eigenvalue weighted by molar-refractivity contribution is 5.71. The number of nitrogens with one attached hydrogen (secondary N) is 1. The molecular formula is C21H20N2O4. The summed E-state index contributed by atoms with van der Waals surface area (Å²) in [6.07, 6.45) is 0.515. The third-order valence-corrected chi connectivity index (χ3v) is 4.93.